The lowest BCUT2D eigenvalue weighted by molar-refractivity contribution is -0.135. The molecule has 0 aliphatic rings. The van der Waals surface area contributed by atoms with Crippen molar-refractivity contribution in [1.29, 1.82) is 0 Å². The first kappa shape index (κ1) is 9.41. The van der Waals surface area contributed by atoms with E-state index >= 15 is 0 Å². The zero-order valence-corrected chi connectivity index (χ0v) is 6.86. The smallest absolute Gasteiger partial charge is 0.317 e. The number of rotatable bonds is 1. The molecule has 0 aliphatic heterocycles. The summed E-state index contributed by atoms with van der Waals surface area (Å²) >= 11 is 0. The Bertz CT molecular complexity index is 395. The van der Waals surface area contributed by atoms with Gasteiger partial charge in [0.25, 0.3) is 0 Å². The highest BCUT2D eigenvalue weighted by atomic mass is 16.4. The summed E-state index contributed by atoms with van der Waals surface area (Å²) in [6, 6.07) is 7.45. The Hall–Kier alpha value is -1.68. The van der Waals surface area contributed by atoms with Crippen molar-refractivity contribution in [1.82, 2.24) is 0 Å². The topological polar surface area (TPSA) is 80.4 Å². The Morgan fingerprint density at radius 3 is 1.92 bits per heavy atom. The summed E-state index contributed by atoms with van der Waals surface area (Å²) in [5.74, 6) is -0.968. The number of benzene rings is 1. The van der Waals surface area contributed by atoms with Gasteiger partial charge in [-0.3, -0.25) is 9.59 Å². The molecule has 68 valence electrons. The molecule has 0 amide bonds. The molecule has 2 aromatic carbocycles. The molecule has 0 heterocycles. The third-order valence-electron chi connectivity index (χ3n) is 1.53. The minimum absolute atomic E-state index is 0.218. The second-order valence-corrected chi connectivity index (χ2v) is 2.47. The summed E-state index contributed by atoms with van der Waals surface area (Å²) < 4.78 is 0. The van der Waals surface area contributed by atoms with Crippen LogP contribution in [-0.4, -0.2) is 17.6 Å². The van der Waals surface area contributed by atoms with E-state index in [0.29, 0.717) is 0 Å². The number of nitrogens with two attached hydrogens (primary N) is 1. The predicted molar refractivity (Wildman–Crippen MR) is 49.3 cm³/mol. The molecule has 0 bridgehead atoms. The Balaban J connectivity index is 0.000000149. The summed E-state index contributed by atoms with van der Waals surface area (Å²) in [6.07, 6.45) is 0. The quantitative estimate of drug-likeness (QED) is 0.650. The van der Waals surface area contributed by atoms with E-state index in [0.717, 1.165) is 10.8 Å². The molecule has 3 N–H and O–H groups in total. The fourth-order valence-electron chi connectivity index (χ4n) is 0.833. The zero-order valence-electron chi connectivity index (χ0n) is 6.86. The maximum absolute atomic E-state index is 10.5. The van der Waals surface area contributed by atoms with E-state index in [1.54, 1.807) is 0 Å². The van der Waals surface area contributed by atoms with E-state index in [1.807, 2.05) is 24.3 Å². The number of hydrogen-bond acceptors (Lipinski definition) is 3. The average molecular weight is 179 g/mol. The standard InChI is InChI=1S/C7H4O.C2H5NO2/c8-7-5-3-1-2-4-6(5)7;3-1-2(4)5/h1-4H;1,3H2,(H,4,5). The molecule has 0 unspecified atom stereocenters. The van der Waals surface area contributed by atoms with Gasteiger partial charge >= 0.3 is 5.97 Å². The SMILES string of the molecule is NCC(=O)O.O=c1c2ccccc12. The van der Waals surface area contributed by atoms with Crippen LogP contribution < -0.4 is 11.2 Å². The fraction of sp³-hybridized carbons (Fsp3) is 0.111. The number of carboxylic acids is 1. The van der Waals surface area contributed by atoms with Gasteiger partial charge in [0.1, 0.15) is 0 Å². The lowest BCUT2D eigenvalue weighted by Crippen LogP contribution is -2.10. The molecule has 0 atom stereocenters. The minimum Gasteiger partial charge on any atom is -0.480 e. The first-order valence-electron chi connectivity index (χ1n) is 3.72. The molecule has 2 rings (SSSR count). The van der Waals surface area contributed by atoms with Crippen LogP contribution in [0, 0.1) is 0 Å². The largest absolute Gasteiger partial charge is 0.480 e. The van der Waals surface area contributed by atoms with Crippen LogP contribution >= 0.6 is 0 Å². The first-order chi connectivity index (χ1) is 6.16. The normalized spacial score (nSPS) is 9.62. The molecule has 0 radical (unpaired) electrons. The predicted octanol–water partition coefficient (Wildman–Crippen LogP) is 0.105. The third-order valence-corrected chi connectivity index (χ3v) is 1.53. The van der Waals surface area contributed by atoms with Crippen molar-refractivity contribution in [2.24, 2.45) is 5.73 Å². The fourth-order valence-corrected chi connectivity index (χ4v) is 0.833. The van der Waals surface area contributed by atoms with Crippen molar-refractivity contribution >= 4 is 16.7 Å². The Morgan fingerprint density at radius 1 is 1.31 bits per heavy atom. The lowest BCUT2D eigenvalue weighted by atomic mass is 10.4. The van der Waals surface area contributed by atoms with Crippen molar-refractivity contribution in [2.75, 3.05) is 6.54 Å². The number of fused-ring (bicyclic) bond motifs is 1. The molecule has 13 heavy (non-hydrogen) atoms. The van der Waals surface area contributed by atoms with E-state index in [1.165, 1.54) is 0 Å². The van der Waals surface area contributed by atoms with Crippen LogP contribution in [-0.2, 0) is 4.79 Å². The molecule has 0 fully saturated rings. The van der Waals surface area contributed by atoms with E-state index < -0.39 is 5.97 Å². The van der Waals surface area contributed by atoms with Crippen LogP contribution in [0.2, 0.25) is 0 Å². The van der Waals surface area contributed by atoms with Crippen LogP contribution in [0.3, 0.4) is 0 Å². The van der Waals surface area contributed by atoms with Gasteiger partial charge in [0.05, 0.1) is 6.54 Å². The summed E-state index contributed by atoms with van der Waals surface area (Å²) in [7, 11) is 0. The highest BCUT2D eigenvalue weighted by Crippen LogP contribution is 2.11. The molecule has 0 saturated heterocycles. The maximum Gasteiger partial charge on any atom is 0.317 e. The Kier molecular flexibility index (Phi) is 2.76. The molecule has 4 heteroatoms. The molecular formula is C9H9NO3. The van der Waals surface area contributed by atoms with Gasteiger partial charge in [-0.15, -0.1) is 0 Å². The van der Waals surface area contributed by atoms with Crippen molar-refractivity contribution in [3.8, 4) is 0 Å². The zero-order chi connectivity index (χ0) is 9.84. The van der Waals surface area contributed by atoms with Crippen molar-refractivity contribution in [3.63, 3.8) is 0 Å². The van der Waals surface area contributed by atoms with Gasteiger partial charge in [0, 0.05) is 10.8 Å². The molecule has 2 aromatic rings. The van der Waals surface area contributed by atoms with Gasteiger partial charge in [-0.2, -0.15) is 0 Å². The summed E-state index contributed by atoms with van der Waals surface area (Å²) in [4.78, 5) is 19.8. The van der Waals surface area contributed by atoms with Crippen LogP contribution in [0.15, 0.2) is 29.1 Å². The molecule has 4 nitrogen and oxygen atoms in total. The summed E-state index contributed by atoms with van der Waals surface area (Å²) in [5.41, 5.74) is 4.79. The second kappa shape index (κ2) is 3.82. The number of hydrogen-bond donors (Lipinski definition) is 2. The highest BCUT2D eigenvalue weighted by Gasteiger charge is 2.07. The van der Waals surface area contributed by atoms with Crippen LogP contribution in [0.5, 0.6) is 0 Å². The van der Waals surface area contributed by atoms with Crippen LogP contribution in [0.4, 0.5) is 0 Å². The molecule has 0 saturated carbocycles. The van der Waals surface area contributed by atoms with Crippen molar-refractivity contribution in [3.05, 3.63) is 34.5 Å². The number of carbonyl (C=O) groups is 1. The van der Waals surface area contributed by atoms with Crippen LogP contribution in [0.25, 0.3) is 10.8 Å². The van der Waals surface area contributed by atoms with E-state index in [2.05, 4.69) is 5.73 Å². The monoisotopic (exact) mass is 179 g/mol. The van der Waals surface area contributed by atoms with Crippen molar-refractivity contribution < 1.29 is 9.90 Å². The third kappa shape index (κ3) is 2.38. The van der Waals surface area contributed by atoms with Gasteiger partial charge in [-0.05, 0) is 0 Å². The van der Waals surface area contributed by atoms with Crippen molar-refractivity contribution in [2.45, 2.75) is 0 Å². The van der Waals surface area contributed by atoms with Crippen LogP contribution in [0.1, 0.15) is 0 Å². The van der Waals surface area contributed by atoms with Gasteiger partial charge in [0.15, 0.2) is 5.43 Å². The van der Waals surface area contributed by atoms with Gasteiger partial charge in [-0.25, -0.2) is 0 Å². The lowest BCUT2D eigenvalue weighted by Gasteiger charge is -1.73. The molecule has 0 aliphatic carbocycles. The molecule has 0 spiro atoms. The Morgan fingerprint density at radius 2 is 1.69 bits per heavy atom. The summed E-state index contributed by atoms with van der Waals surface area (Å²) in [5, 5.41) is 9.39. The number of carboxylic acid groups (broad SMARTS) is 1. The minimum atomic E-state index is -0.968. The molecule has 0 aromatic heterocycles. The number of aliphatic carboxylic acids is 1. The van der Waals surface area contributed by atoms with Gasteiger partial charge in [-0.1, -0.05) is 24.3 Å². The molecular weight excluding hydrogens is 170 g/mol. The maximum atomic E-state index is 10.5. The highest BCUT2D eigenvalue weighted by molar-refractivity contribution is 5.96. The van der Waals surface area contributed by atoms with E-state index in [9.17, 15) is 9.59 Å². The first-order valence-corrected chi connectivity index (χ1v) is 3.72. The Labute approximate surface area is 74.3 Å². The van der Waals surface area contributed by atoms with E-state index in [4.69, 9.17) is 5.11 Å². The van der Waals surface area contributed by atoms with E-state index in [-0.39, 0.29) is 12.0 Å². The average Bonchev–Trinajstić information content (AvgIpc) is 2.80. The van der Waals surface area contributed by atoms with Gasteiger partial charge in [0.2, 0.25) is 0 Å². The second-order valence-electron chi connectivity index (χ2n) is 2.47. The van der Waals surface area contributed by atoms with Gasteiger partial charge < -0.3 is 10.8 Å². The summed E-state index contributed by atoms with van der Waals surface area (Å²) in [6.45, 7) is -0.278.